The molecule has 30 heavy (non-hydrogen) atoms. The van der Waals surface area contributed by atoms with E-state index in [4.69, 9.17) is 0 Å². The third-order valence-corrected chi connectivity index (χ3v) is 5.88. The Morgan fingerprint density at radius 2 is 1.80 bits per heavy atom. The number of carbonyl (C=O) groups is 1. The molecule has 0 spiro atoms. The number of aromatic nitrogens is 4. The van der Waals surface area contributed by atoms with Crippen molar-refractivity contribution in [3.63, 3.8) is 0 Å². The van der Waals surface area contributed by atoms with Gasteiger partial charge in [0.1, 0.15) is 16.2 Å². The van der Waals surface area contributed by atoms with Gasteiger partial charge in [0, 0.05) is 33.3 Å². The van der Waals surface area contributed by atoms with Crippen LogP contribution in [0.1, 0.15) is 25.6 Å². The Balaban J connectivity index is 2.00. The molecule has 1 aromatic carbocycles. The molecule has 0 atom stereocenters. The van der Waals surface area contributed by atoms with Gasteiger partial charge in [-0.05, 0) is 18.6 Å². The van der Waals surface area contributed by atoms with Crippen molar-refractivity contribution < 1.29 is 4.79 Å². The molecule has 0 unspecified atom stereocenters. The Bertz CT molecular complexity index is 1190. The number of hydrogen-bond acceptors (Lipinski definition) is 6. The minimum Gasteiger partial charge on any atom is -0.315 e. The Morgan fingerprint density at radius 3 is 2.47 bits per heavy atom. The summed E-state index contributed by atoms with van der Waals surface area (Å²) < 4.78 is 2.40. The fraction of sp³-hybridized carbons (Fsp3) is 0.381. The van der Waals surface area contributed by atoms with E-state index >= 15 is 0 Å². The highest BCUT2D eigenvalue weighted by atomic mass is 32.2. The third-order valence-electron chi connectivity index (χ3n) is 4.92. The zero-order valence-electron chi connectivity index (χ0n) is 17.6. The van der Waals surface area contributed by atoms with E-state index in [0.29, 0.717) is 22.9 Å². The number of hydrogen-bond donors (Lipinski definition) is 0. The van der Waals surface area contributed by atoms with Crippen molar-refractivity contribution >= 4 is 34.4 Å². The summed E-state index contributed by atoms with van der Waals surface area (Å²) in [6.07, 6.45) is 2.51. The molecule has 0 aliphatic rings. The summed E-state index contributed by atoms with van der Waals surface area (Å²) in [6.45, 7) is 2.07. The predicted octanol–water partition coefficient (Wildman–Crippen LogP) is 2.12. The second-order valence-electron chi connectivity index (χ2n) is 7.03. The second kappa shape index (κ2) is 9.25. The number of anilines is 1. The van der Waals surface area contributed by atoms with E-state index in [2.05, 4.69) is 16.9 Å². The number of nitrogens with zero attached hydrogens (tertiary/aromatic N) is 5. The van der Waals surface area contributed by atoms with Crippen molar-refractivity contribution in [2.45, 2.75) is 31.2 Å². The molecule has 3 rings (SSSR count). The van der Waals surface area contributed by atoms with Crippen molar-refractivity contribution in [3.05, 3.63) is 57.0 Å². The van der Waals surface area contributed by atoms with Crippen LogP contribution in [0.5, 0.6) is 0 Å². The van der Waals surface area contributed by atoms with Gasteiger partial charge in [-0.25, -0.2) is 14.8 Å². The average Bonchev–Trinajstić information content (AvgIpc) is 2.77. The van der Waals surface area contributed by atoms with Gasteiger partial charge in [0.25, 0.3) is 5.56 Å². The van der Waals surface area contributed by atoms with Crippen molar-refractivity contribution in [1.29, 1.82) is 0 Å². The zero-order chi connectivity index (χ0) is 21.8. The molecule has 2 heterocycles. The predicted molar refractivity (Wildman–Crippen MR) is 119 cm³/mol. The molecule has 0 fully saturated rings. The summed E-state index contributed by atoms with van der Waals surface area (Å²) in [5.74, 6) is 0.560. The number of benzene rings is 1. The number of rotatable bonds is 7. The van der Waals surface area contributed by atoms with Crippen LogP contribution in [0.4, 0.5) is 5.69 Å². The SMILES string of the molecule is CCCCc1nc(SCC(=O)N(C)c2ccccc2)c2c(=O)n(C)c(=O)n(C)c2n1. The van der Waals surface area contributed by atoms with E-state index in [1.807, 2.05) is 30.3 Å². The molecule has 9 heteroatoms. The number of fused-ring (bicyclic) bond motifs is 1. The van der Waals surface area contributed by atoms with Gasteiger partial charge in [-0.3, -0.25) is 18.7 Å². The monoisotopic (exact) mass is 427 g/mol. The quantitative estimate of drug-likeness (QED) is 0.424. The van der Waals surface area contributed by atoms with Crippen LogP contribution in [0, 0.1) is 0 Å². The van der Waals surface area contributed by atoms with Crippen molar-refractivity contribution in [2.75, 3.05) is 17.7 Å². The highest BCUT2D eigenvalue weighted by Crippen LogP contribution is 2.24. The first-order valence-corrected chi connectivity index (χ1v) is 10.7. The summed E-state index contributed by atoms with van der Waals surface area (Å²) in [4.78, 5) is 48.5. The first kappa shape index (κ1) is 21.8. The second-order valence-corrected chi connectivity index (χ2v) is 7.99. The maximum atomic E-state index is 12.8. The molecular weight excluding hydrogens is 402 g/mol. The van der Waals surface area contributed by atoms with E-state index in [1.165, 1.54) is 23.4 Å². The van der Waals surface area contributed by atoms with Crippen LogP contribution < -0.4 is 16.1 Å². The standard InChI is InChI=1S/C21H25N5O3S/c1-5-6-12-15-22-18-17(20(28)26(4)21(29)25(18)3)19(23-15)30-13-16(27)24(2)14-10-8-7-9-11-14/h7-11H,5-6,12-13H2,1-4H3. The lowest BCUT2D eigenvalue weighted by atomic mass is 10.2. The maximum Gasteiger partial charge on any atom is 0.332 e. The van der Waals surface area contributed by atoms with Crippen LogP contribution in [-0.4, -0.2) is 37.8 Å². The largest absolute Gasteiger partial charge is 0.332 e. The summed E-state index contributed by atoms with van der Waals surface area (Å²) in [6, 6.07) is 9.35. The number of amides is 1. The van der Waals surface area contributed by atoms with Gasteiger partial charge >= 0.3 is 5.69 Å². The highest BCUT2D eigenvalue weighted by molar-refractivity contribution is 8.00. The van der Waals surface area contributed by atoms with Gasteiger partial charge in [0.05, 0.1) is 5.75 Å². The smallest absolute Gasteiger partial charge is 0.315 e. The van der Waals surface area contributed by atoms with Gasteiger partial charge in [0.2, 0.25) is 5.91 Å². The molecule has 158 valence electrons. The molecular formula is C21H25N5O3S. The van der Waals surface area contributed by atoms with Crippen molar-refractivity contribution in [3.8, 4) is 0 Å². The molecule has 0 aliphatic heterocycles. The lowest BCUT2D eigenvalue weighted by Crippen LogP contribution is -2.38. The van der Waals surface area contributed by atoms with Gasteiger partial charge in [-0.15, -0.1) is 0 Å². The Morgan fingerprint density at radius 1 is 1.10 bits per heavy atom. The highest BCUT2D eigenvalue weighted by Gasteiger charge is 2.19. The van der Waals surface area contributed by atoms with Crippen LogP contribution in [-0.2, 0) is 25.3 Å². The third kappa shape index (κ3) is 4.30. The van der Waals surface area contributed by atoms with E-state index < -0.39 is 11.2 Å². The number of thioether (sulfide) groups is 1. The molecule has 0 bridgehead atoms. The number of unbranched alkanes of at least 4 members (excludes halogenated alkanes) is 1. The molecule has 1 amide bonds. The van der Waals surface area contributed by atoms with Crippen molar-refractivity contribution in [2.24, 2.45) is 14.1 Å². The van der Waals surface area contributed by atoms with Crippen LogP contribution in [0.2, 0.25) is 0 Å². The minimum absolute atomic E-state index is 0.108. The molecule has 8 nitrogen and oxygen atoms in total. The van der Waals surface area contributed by atoms with Crippen molar-refractivity contribution in [1.82, 2.24) is 19.1 Å². The zero-order valence-corrected chi connectivity index (χ0v) is 18.4. The first-order chi connectivity index (χ1) is 14.3. The fourth-order valence-electron chi connectivity index (χ4n) is 3.05. The lowest BCUT2D eigenvalue weighted by molar-refractivity contribution is -0.115. The molecule has 0 saturated carbocycles. The summed E-state index contributed by atoms with van der Waals surface area (Å²) in [7, 11) is 4.73. The Labute approximate surface area is 178 Å². The average molecular weight is 428 g/mol. The van der Waals surface area contributed by atoms with E-state index in [9.17, 15) is 14.4 Å². The summed E-state index contributed by atoms with van der Waals surface area (Å²) in [5, 5.41) is 0.692. The Kier molecular flexibility index (Phi) is 6.71. The molecule has 3 aromatic rings. The molecule has 0 radical (unpaired) electrons. The number of para-hydroxylation sites is 1. The van der Waals surface area contributed by atoms with E-state index in [-0.39, 0.29) is 17.0 Å². The molecule has 0 N–H and O–H groups in total. The van der Waals surface area contributed by atoms with Gasteiger partial charge < -0.3 is 4.90 Å². The summed E-state index contributed by atoms with van der Waals surface area (Å²) in [5.41, 5.74) is 0.193. The molecule has 2 aromatic heterocycles. The van der Waals surface area contributed by atoms with Gasteiger partial charge in [-0.1, -0.05) is 43.3 Å². The maximum absolute atomic E-state index is 12.8. The molecule has 0 saturated heterocycles. The lowest BCUT2D eigenvalue weighted by Gasteiger charge is -2.17. The first-order valence-electron chi connectivity index (χ1n) is 9.76. The van der Waals surface area contributed by atoms with Crippen LogP contribution >= 0.6 is 11.8 Å². The van der Waals surface area contributed by atoms with E-state index in [1.54, 1.807) is 19.0 Å². The Hall–Kier alpha value is -2.94. The topological polar surface area (TPSA) is 90.1 Å². The number of aryl methyl sites for hydroxylation is 2. The molecule has 0 aliphatic carbocycles. The van der Waals surface area contributed by atoms with Crippen LogP contribution in [0.3, 0.4) is 0 Å². The van der Waals surface area contributed by atoms with Gasteiger partial charge in [0.15, 0.2) is 5.65 Å². The van der Waals surface area contributed by atoms with Crippen LogP contribution in [0.15, 0.2) is 44.9 Å². The number of carbonyl (C=O) groups excluding carboxylic acids is 1. The fourth-order valence-corrected chi connectivity index (χ4v) is 3.99. The van der Waals surface area contributed by atoms with Gasteiger partial charge in [-0.2, -0.15) is 0 Å². The minimum atomic E-state index is -0.457. The summed E-state index contributed by atoms with van der Waals surface area (Å²) >= 11 is 1.20. The van der Waals surface area contributed by atoms with E-state index in [0.717, 1.165) is 23.1 Å². The normalized spacial score (nSPS) is 11.1. The van der Waals surface area contributed by atoms with Crippen LogP contribution in [0.25, 0.3) is 11.0 Å².